The first-order chi connectivity index (χ1) is 17.4. The van der Waals surface area contributed by atoms with Crippen molar-refractivity contribution in [2.45, 2.75) is 38.1 Å². The normalized spacial score (nSPS) is 19.4. The second kappa shape index (κ2) is 7.71. The number of hydrogen-bond acceptors (Lipinski definition) is 4. The molecule has 2 heterocycles. The number of nitrogens with zero attached hydrogens (tertiary/aromatic N) is 2. The van der Waals surface area contributed by atoms with Crippen LogP contribution in [0.15, 0.2) is 60.7 Å². The summed E-state index contributed by atoms with van der Waals surface area (Å²) >= 11 is 0. The minimum atomic E-state index is -0.341. The highest BCUT2D eigenvalue weighted by Gasteiger charge is 2.41. The Labute approximate surface area is 211 Å². The number of ketones is 1. The summed E-state index contributed by atoms with van der Waals surface area (Å²) in [7, 11) is 0. The number of nitrogens with one attached hydrogen (secondary N) is 1. The highest BCUT2D eigenvalue weighted by atomic mass is 16.1. The molecule has 4 aromatic rings. The molecule has 0 amide bonds. The molecule has 3 N–H and O–H groups in total. The van der Waals surface area contributed by atoms with Crippen molar-refractivity contribution < 1.29 is 4.79 Å². The van der Waals surface area contributed by atoms with Gasteiger partial charge in [0.25, 0.3) is 0 Å². The van der Waals surface area contributed by atoms with Crippen LogP contribution in [0.1, 0.15) is 53.9 Å². The van der Waals surface area contributed by atoms with Crippen molar-refractivity contribution in [1.82, 2.24) is 9.88 Å². The van der Waals surface area contributed by atoms with Crippen LogP contribution in [0.3, 0.4) is 0 Å². The SMILES string of the molecule is CC1(C)c2cc(N3CCN(C4CC4)CC3)c(-c3ccccc3)cc2C(=O)c2c1[nH]c1cc(N)ccc21. The van der Waals surface area contributed by atoms with E-state index in [-0.39, 0.29) is 11.2 Å². The Morgan fingerprint density at radius 1 is 0.917 bits per heavy atom. The van der Waals surface area contributed by atoms with E-state index in [0.717, 1.165) is 76.6 Å². The molecule has 1 saturated carbocycles. The van der Waals surface area contributed by atoms with E-state index in [1.165, 1.54) is 18.5 Å². The van der Waals surface area contributed by atoms with Gasteiger partial charge in [0.2, 0.25) is 0 Å². The van der Waals surface area contributed by atoms with E-state index >= 15 is 0 Å². The molecule has 2 fully saturated rings. The van der Waals surface area contributed by atoms with Crippen LogP contribution >= 0.6 is 0 Å². The van der Waals surface area contributed by atoms with Gasteiger partial charge in [0.05, 0.1) is 5.56 Å². The van der Waals surface area contributed by atoms with Crippen LogP contribution in [-0.2, 0) is 5.41 Å². The maximum atomic E-state index is 14.1. The average Bonchev–Trinajstić information content (AvgIpc) is 3.67. The summed E-state index contributed by atoms with van der Waals surface area (Å²) in [6.07, 6.45) is 2.70. The van der Waals surface area contributed by atoms with E-state index in [0.29, 0.717) is 5.69 Å². The summed E-state index contributed by atoms with van der Waals surface area (Å²) in [4.78, 5) is 22.8. The molecule has 0 unspecified atom stereocenters. The van der Waals surface area contributed by atoms with Gasteiger partial charge in [0.15, 0.2) is 5.78 Å². The number of carbonyl (C=O) groups is 1. The molecule has 36 heavy (non-hydrogen) atoms. The van der Waals surface area contributed by atoms with Crippen LogP contribution in [0.25, 0.3) is 22.0 Å². The van der Waals surface area contributed by atoms with Crippen LogP contribution in [0, 0.1) is 0 Å². The largest absolute Gasteiger partial charge is 0.399 e. The third kappa shape index (κ3) is 3.22. The molecule has 3 aromatic carbocycles. The Bertz CT molecular complexity index is 1500. The van der Waals surface area contributed by atoms with Gasteiger partial charge >= 0.3 is 0 Å². The fourth-order valence-electron chi connectivity index (χ4n) is 6.36. The van der Waals surface area contributed by atoms with Gasteiger partial charge in [-0.25, -0.2) is 0 Å². The predicted molar refractivity (Wildman–Crippen MR) is 147 cm³/mol. The molecule has 0 atom stereocenters. The Morgan fingerprint density at radius 3 is 2.39 bits per heavy atom. The van der Waals surface area contributed by atoms with Crippen LogP contribution < -0.4 is 10.6 Å². The Balaban J connectivity index is 1.40. The lowest BCUT2D eigenvalue weighted by Gasteiger charge is -2.39. The quantitative estimate of drug-likeness (QED) is 0.379. The van der Waals surface area contributed by atoms with E-state index in [4.69, 9.17) is 5.73 Å². The Morgan fingerprint density at radius 2 is 1.67 bits per heavy atom. The minimum absolute atomic E-state index is 0.0950. The van der Waals surface area contributed by atoms with E-state index in [1.54, 1.807) is 0 Å². The number of aromatic nitrogens is 1. The zero-order valence-electron chi connectivity index (χ0n) is 21.0. The van der Waals surface area contributed by atoms with Crippen LogP contribution in [0.2, 0.25) is 0 Å². The number of rotatable bonds is 3. The zero-order chi connectivity index (χ0) is 24.6. The summed E-state index contributed by atoms with van der Waals surface area (Å²) in [5.74, 6) is 0.0950. The van der Waals surface area contributed by atoms with Gasteiger partial charge in [-0.2, -0.15) is 0 Å². The molecule has 1 aliphatic heterocycles. The third-order valence-electron chi connectivity index (χ3n) is 8.53. The zero-order valence-corrected chi connectivity index (χ0v) is 21.0. The third-order valence-corrected chi connectivity index (χ3v) is 8.53. The first kappa shape index (κ1) is 21.7. The molecular formula is C31H32N4O. The molecule has 7 rings (SSSR count). The summed E-state index contributed by atoms with van der Waals surface area (Å²) < 4.78 is 0. The van der Waals surface area contributed by atoms with Crippen molar-refractivity contribution >= 4 is 28.1 Å². The lowest BCUT2D eigenvalue weighted by Crippen LogP contribution is -2.47. The van der Waals surface area contributed by atoms with Gasteiger partial charge in [0, 0.05) is 76.7 Å². The second-order valence-electron chi connectivity index (χ2n) is 11.2. The molecule has 5 heteroatoms. The van der Waals surface area contributed by atoms with Gasteiger partial charge in [-0.15, -0.1) is 0 Å². The number of piperazine rings is 1. The van der Waals surface area contributed by atoms with E-state index < -0.39 is 0 Å². The van der Waals surface area contributed by atoms with Crippen molar-refractivity contribution in [3.8, 4) is 11.1 Å². The molecule has 0 radical (unpaired) electrons. The van der Waals surface area contributed by atoms with Crippen molar-refractivity contribution in [2.75, 3.05) is 36.8 Å². The molecule has 182 valence electrons. The fraction of sp³-hybridized carbons (Fsp3) is 0.323. The smallest absolute Gasteiger partial charge is 0.195 e. The Hall–Kier alpha value is -3.57. The number of fused-ring (bicyclic) bond motifs is 4. The molecule has 0 bridgehead atoms. The van der Waals surface area contributed by atoms with Crippen molar-refractivity contribution in [2.24, 2.45) is 0 Å². The Kier molecular flexibility index (Phi) is 4.65. The maximum absolute atomic E-state index is 14.1. The van der Waals surface area contributed by atoms with Crippen LogP contribution in [-0.4, -0.2) is 47.9 Å². The van der Waals surface area contributed by atoms with Gasteiger partial charge in [-0.1, -0.05) is 50.2 Å². The first-order valence-electron chi connectivity index (χ1n) is 13.1. The van der Waals surface area contributed by atoms with Crippen LogP contribution in [0.5, 0.6) is 0 Å². The predicted octanol–water partition coefficient (Wildman–Crippen LogP) is 5.57. The number of hydrogen-bond donors (Lipinski definition) is 2. The standard InChI is InChI=1S/C31H32N4O/c1-31(2)25-18-27(35-14-12-34(13-15-35)21-9-10-21)23(19-6-4-3-5-7-19)17-24(25)29(36)28-22-11-8-20(32)16-26(22)33-30(28)31/h3-8,11,16-18,21,33H,9-10,12-15,32H2,1-2H3. The molecule has 2 aliphatic carbocycles. The summed E-state index contributed by atoms with van der Waals surface area (Å²) in [5, 5.41) is 0.949. The lowest BCUT2D eigenvalue weighted by atomic mass is 9.70. The van der Waals surface area contributed by atoms with Crippen molar-refractivity contribution in [3.05, 3.63) is 83.0 Å². The van der Waals surface area contributed by atoms with E-state index in [9.17, 15) is 4.79 Å². The van der Waals surface area contributed by atoms with Crippen molar-refractivity contribution in [1.29, 1.82) is 0 Å². The van der Waals surface area contributed by atoms with Gasteiger partial charge < -0.3 is 15.6 Å². The monoisotopic (exact) mass is 476 g/mol. The highest BCUT2D eigenvalue weighted by molar-refractivity contribution is 6.21. The number of H-pyrrole nitrogens is 1. The molecule has 3 aliphatic rings. The molecule has 1 saturated heterocycles. The average molecular weight is 477 g/mol. The maximum Gasteiger partial charge on any atom is 0.195 e. The summed E-state index contributed by atoms with van der Waals surface area (Å²) in [6.45, 7) is 8.69. The number of anilines is 2. The summed E-state index contributed by atoms with van der Waals surface area (Å²) in [5.41, 5.74) is 14.6. The van der Waals surface area contributed by atoms with E-state index in [1.807, 2.05) is 24.3 Å². The summed E-state index contributed by atoms with van der Waals surface area (Å²) in [6, 6.07) is 21.6. The van der Waals surface area contributed by atoms with Crippen LogP contribution in [0.4, 0.5) is 11.4 Å². The lowest BCUT2D eigenvalue weighted by molar-refractivity contribution is 0.103. The van der Waals surface area contributed by atoms with Gasteiger partial charge in [-0.3, -0.25) is 9.69 Å². The highest BCUT2D eigenvalue weighted by Crippen LogP contribution is 2.47. The topological polar surface area (TPSA) is 65.4 Å². The minimum Gasteiger partial charge on any atom is -0.399 e. The first-order valence-corrected chi connectivity index (χ1v) is 13.1. The molecule has 1 aromatic heterocycles. The molecular weight excluding hydrogens is 444 g/mol. The number of benzene rings is 3. The number of nitrogen functional groups attached to an aromatic ring is 1. The number of aromatic amines is 1. The molecule has 5 nitrogen and oxygen atoms in total. The number of nitrogens with two attached hydrogens (primary N) is 1. The molecule has 0 spiro atoms. The number of carbonyl (C=O) groups excluding carboxylic acids is 1. The van der Waals surface area contributed by atoms with Gasteiger partial charge in [-0.05, 0) is 48.2 Å². The fourth-order valence-corrected chi connectivity index (χ4v) is 6.36. The van der Waals surface area contributed by atoms with Gasteiger partial charge in [0.1, 0.15) is 0 Å². The van der Waals surface area contributed by atoms with E-state index in [2.05, 4.69) is 65.0 Å². The second-order valence-corrected chi connectivity index (χ2v) is 11.2. The van der Waals surface area contributed by atoms with Crippen molar-refractivity contribution in [3.63, 3.8) is 0 Å².